The van der Waals surface area contributed by atoms with Gasteiger partial charge in [0.1, 0.15) is 4.83 Å². The zero-order valence-electron chi connectivity index (χ0n) is 9.53. The van der Waals surface area contributed by atoms with Gasteiger partial charge < -0.3 is 4.98 Å². The van der Waals surface area contributed by atoms with Crippen molar-refractivity contribution in [3.8, 4) is 0 Å². The molecular weight excluding hydrogens is 228 g/mol. The zero-order valence-corrected chi connectivity index (χ0v) is 10.3. The Morgan fingerprint density at radius 3 is 3.00 bits per heavy atom. The number of rotatable bonds is 2. The molecule has 2 aromatic heterocycles. The van der Waals surface area contributed by atoms with Crippen LogP contribution in [0.3, 0.4) is 0 Å². The van der Waals surface area contributed by atoms with Crippen LogP contribution < -0.4 is 0 Å². The molecule has 0 aliphatic carbocycles. The molecule has 0 saturated carbocycles. The second-order valence-corrected chi connectivity index (χ2v) is 4.98. The van der Waals surface area contributed by atoms with Gasteiger partial charge in [0.05, 0.1) is 4.88 Å². The molecule has 0 bridgehead atoms. The molecule has 0 amide bonds. The standard InChI is InChI=1S/C14H12N2S/c1-3-15-8-12-9(2)13-10-6-4-5-7-11(10)16-14(13)17-12/h3-8,16H,1H2,2H3. The van der Waals surface area contributed by atoms with E-state index in [1.807, 2.05) is 6.21 Å². The summed E-state index contributed by atoms with van der Waals surface area (Å²) < 4.78 is 0. The van der Waals surface area contributed by atoms with Gasteiger partial charge >= 0.3 is 0 Å². The number of fused-ring (bicyclic) bond motifs is 3. The first-order valence-corrected chi connectivity index (χ1v) is 6.27. The molecule has 0 unspecified atom stereocenters. The van der Waals surface area contributed by atoms with Gasteiger partial charge in [0, 0.05) is 28.7 Å². The summed E-state index contributed by atoms with van der Waals surface area (Å²) in [5, 5.41) is 2.60. The van der Waals surface area contributed by atoms with Crippen molar-refractivity contribution in [2.24, 2.45) is 4.99 Å². The lowest BCUT2D eigenvalue weighted by Crippen LogP contribution is -1.77. The predicted molar refractivity (Wildman–Crippen MR) is 76.2 cm³/mol. The van der Waals surface area contributed by atoms with Crippen LogP contribution in [0.4, 0.5) is 0 Å². The van der Waals surface area contributed by atoms with Crippen molar-refractivity contribution in [2.45, 2.75) is 6.92 Å². The lowest BCUT2D eigenvalue weighted by molar-refractivity contribution is 1.56. The number of aryl methyl sites for hydroxylation is 1. The fourth-order valence-corrected chi connectivity index (χ4v) is 3.23. The zero-order chi connectivity index (χ0) is 11.8. The number of nitrogens with zero attached hydrogens (tertiary/aromatic N) is 1. The smallest absolute Gasteiger partial charge is 0.102 e. The third kappa shape index (κ3) is 1.51. The Bertz CT molecular complexity index is 731. The summed E-state index contributed by atoms with van der Waals surface area (Å²) in [4.78, 5) is 9.95. The molecule has 0 radical (unpaired) electrons. The van der Waals surface area contributed by atoms with Crippen LogP contribution in [0.5, 0.6) is 0 Å². The van der Waals surface area contributed by atoms with Gasteiger partial charge in [-0.25, -0.2) is 0 Å². The van der Waals surface area contributed by atoms with Crippen LogP contribution in [-0.2, 0) is 0 Å². The Balaban J connectivity index is 2.35. The molecule has 2 nitrogen and oxygen atoms in total. The number of aliphatic imine (C=N–C) groups is 1. The van der Waals surface area contributed by atoms with Gasteiger partial charge in [0.15, 0.2) is 0 Å². The maximum absolute atomic E-state index is 4.09. The van der Waals surface area contributed by atoms with E-state index >= 15 is 0 Å². The molecule has 0 spiro atoms. The van der Waals surface area contributed by atoms with Crippen molar-refractivity contribution < 1.29 is 0 Å². The first kappa shape index (κ1) is 10.3. The molecule has 0 aliphatic rings. The van der Waals surface area contributed by atoms with Crippen LogP contribution in [0.25, 0.3) is 21.1 Å². The minimum atomic E-state index is 1.19. The molecule has 17 heavy (non-hydrogen) atoms. The van der Waals surface area contributed by atoms with E-state index in [0.29, 0.717) is 0 Å². The Morgan fingerprint density at radius 1 is 1.35 bits per heavy atom. The lowest BCUT2D eigenvalue weighted by atomic mass is 10.1. The van der Waals surface area contributed by atoms with E-state index in [4.69, 9.17) is 0 Å². The predicted octanol–water partition coefficient (Wildman–Crippen LogP) is 4.25. The topological polar surface area (TPSA) is 28.1 Å². The number of nitrogens with one attached hydrogen (secondary N) is 1. The third-order valence-corrected chi connectivity index (χ3v) is 4.07. The summed E-state index contributed by atoms with van der Waals surface area (Å²) in [7, 11) is 0. The molecule has 0 saturated heterocycles. The highest BCUT2D eigenvalue weighted by molar-refractivity contribution is 7.20. The molecule has 1 N–H and O–H groups in total. The van der Waals surface area contributed by atoms with E-state index in [1.54, 1.807) is 17.5 Å². The number of thiophene rings is 1. The van der Waals surface area contributed by atoms with Gasteiger partial charge in [-0.05, 0) is 18.6 Å². The summed E-state index contributed by atoms with van der Waals surface area (Å²) in [5.74, 6) is 0. The summed E-state index contributed by atoms with van der Waals surface area (Å²) in [5.41, 5.74) is 2.48. The molecule has 0 fully saturated rings. The van der Waals surface area contributed by atoms with E-state index in [0.717, 1.165) is 0 Å². The number of hydrogen-bond donors (Lipinski definition) is 1. The lowest BCUT2D eigenvalue weighted by Gasteiger charge is -1.92. The fraction of sp³-hybridized carbons (Fsp3) is 0.0714. The molecular formula is C14H12N2S. The highest BCUT2D eigenvalue weighted by Crippen LogP contribution is 2.35. The normalized spacial score (nSPS) is 11.8. The van der Waals surface area contributed by atoms with Crippen molar-refractivity contribution in [1.29, 1.82) is 0 Å². The van der Waals surface area contributed by atoms with Crippen molar-refractivity contribution in [3.63, 3.8) is 0 Å². The quantitative estimate of drug-likeness (QED) is 0.648. The molecule has 0 aliphatic heterocycles. The minimum absolute atomic E-state index is 1.19. The van der Waals surface area contributed by atoms with Gasteiger partial charge in [0.25, 0.3) is 0 Å². The Morgan fingerprint density at radius 2 is 2.18 bits per heavy atom. The first-order chi connectivity index (χ1) is 8.31. The highest BCUT2D eigenvalue weighted by atomic mass is 32.1. The Kier molecular flexibility index (Phi) is 2.34. The molecule has 84 valence electrons. The Hall–Kier alpha value is -1.87. The average molecular weight is 240 g/mol. The van der Waals surface area contributed by atoms with Crippen LogP contribution in [0.15, 0.2) is 42.0 Å². The Labute approximate surface area is 103 Å². The van der Waals surface area contributed by atoms with Gasteiger partial charge in [-0.3, -0.25) is 4.99 Å². The van der Waals surface area contributed by atoms with Crippen molar-refractivity contribution in [1.82, 2.24) is 4.98 Å². The van der Waals surface area contributed by atoms with Crippen LogP contribution in [-0.4, -0.2) is 11.2 Å². The number of para-hydroxylation sites is 1. The van der Waals surface area contributed by atoms with Gasteiger partial charge in [-0.2, -0.15) is 0 Å². The van der Waals surface area contributed by atoms with Gasteiger partial charge in [-0.1, -0.05) is 24.8 Å². The molecule has 0 atom stereocenters. The average Bonchev–Trinajstić information content (AvgIpc) is 2.84. The summed E-state index contributed by atoms with van der Waals surface area (Å²) in [6, 6.07) is 8.39. The maximum Gasteiger partial charge on any atom is 0.102 e. The van der Waals surface area contributed by atoms with Crippen molar-refractivity contribution in [3.05, 3.63) is 47.5 Å². The number of hydrogen-bond acceptors (Lipinski definition) is 2. The number of benzene rings is 1. The van der Waals surface area contributed by atoms with Gasteiger partial charge in [-0.15, -0.1) is 11.3 Å². The van der Waals surface area contributed by atoms with Crippen LogP contribution in [0.1, 0.15) is 10.4 Å². The van der Waals surface area contributed by atoms with E-state index in [1.165, 1.54) is 31.6 Å². The number of H-pyrrole nitrogens is 1. The van der Waals surface area contributed by atoms with Crippen LogP contribution >= 0.6 is 11.3 Å². The van der Waals surface area contributed by atoms with Gasteiger partial charge in [0.2, 0.25) is 0 Å². The molecule has 3 heteroatoms. The largest absolute Gasteiger partial charge is 0.346 e. The third-order valence-electron chi connectivity index (χ3n) is 2.93. The maximum atomic E-state index is 4.09. The van der Waals surface area contributed by atoms with E-state index in [-0.39, 0.29) is 0 Å². The summed E-state index contributed by atoms with van der Waals surface area (Å²) in [6.45, 7) is 5.74. The molecule has 2 heterocycles. The first-order valence-electron chi connectivity index (χ1n) is 5.45. The van der Waals surface area contributed by atoms with E-state index < -0.39 is 0 Å². The SMILES string of the molecule is C=CN=Cc1sc2[nH]c3ccccc3c2c1C. The van der Waals surface area contributed by atoms with Crippen molar-refractivity contribution >= 4 is 38.7 Å². The fourth-order valence-electron chi connectivity index (χ4n) is 2.12. The number of aromatic nitrogens is 1. The van der Waals surface area contributed by atoms with Crippen LogP contribution in [0.2, 0.25) is 0 Å². The second kappa shape index (κ2) is 3.86. The monoisotopic (exact) mass is 240 g/mol. The van der Waals surface area contributed by atoms with Crippen LogP contribution in [0, 0.1) is 6.92 Å². The molecule has 1 aromatic carbocycles. The number of aromatic amines is 1. The molecule has 3 aromatic rings. The van der Waals surface area contributed by atoms with E-state index in [2.05, 4.69) is 47.7 Å². The summed E-state index contributed by atoms with van der Waals surface area (Å²) >= 11 is 1.74. The molecule has 3 rings (SSSR count). The van der Waals surface area contributed by atoms with E-state index in [9.17, 15) is 0 Å². The van der Waals surface area contributed by atoms with Crippen molar-refractivity contribution in [2.75, 3.05) is 0 Å². The minimum Gasteiger partial charge on any atom is -0.346 e. The second-order valence-electron chi connectivity index (χ2n) is 3.93. The summed E-state index contributed by atoms with van der Waals surface area (Å²) in [6.07, 6.45) is 3.43. The highest BCUT2D eigenvalue weighted by Gasteiger charge is 2.11.